The summed E-state index contributed by atoms with van der Waals surface area (Å²) in [5.41, 5.74) is 1.91. The fourth-order valence-electron chi connectivity index (χ4n) is 3.86. The molecule has 1 N–H and O–H groups in total. The van der Waals surface area contributed by atoms with E-state index in [9.17, 15) is 0 Å². The first kappa shape index (κ1) is 16.0. The van der Waals surface area contributed by atoms with Crippen LogP contribution >= 0.6 is 0 Å². The summed E-state index contributed by atoms with van der Waals surface area (Å²) in [7, 11) is 0. The third-order valence-corrected chi connectivity index (χ3v) is 5.62. The van der Waals surface area contributed by atoms with Crippen molar-refractivity contribution in [1.82, 2.24) is 10.2 Å². The van der Waals surface area contributed by atoms with Gasteiger partial charge in [0.1, 0.15) is 0 Å². The molecular formula is C18H34N2. The number of rotatable bonds is 4. The van der Waals surface area contributed by atoms with Crippen molar-refractivity contribution in [2.45, 2.75) is 77.8 Å². The molecule has 0 aromatic carbocycles. The molecule has 0 aromatic rings. The van der Waals surface area contributed by atoms with Crippen LogP contribution in [0.15, 0.2) is 11.6 Å². The molecule has 0 amide bonds. The number of nitrogens with zero attached hydrogens (tertiary/aromatic N) is 1. The minimum Gasteiger partial charge on any atom is -0.311 e. The number of hydrogen-bond donors (Lipinski definition) is 1. The summed E-state index contributed by atoms with van der Waals surface area (Å²) >= 11 is 0. The normalized spacial score (nSPS) is 28.3. The first-order valence-electron chi connectivity index (χ1n) is 8.69. The highest BCUT2D eigenvalue weighted by atomic mass is 15.3. The van der Waals surface area contributed by atoms with Crippen LogP contribution in [0.4, 0.5) is 0 Å². The molecule has 0 aromatic heterocycles. The summed E-state index contributed by atoms with van der Waals surface area (Å²) < 4.78 is 0. The Hall–Kier alpha value is -0.340. The fraction of sp³-hybridized carbons (Fsp3) is 0.889. The van der Waals surface area contributed by atoms with Crippen molar-refractivity contribution in [3.63, 3.8) is 0 Å². The molecule has 1 saturated carbocycles. The van der Waals surface area contributed by atoms with Crippen LogP contribution in [0.3, 0.4) is 0 Å². The van der Waals surface area contributed by atoms with Crippen LogP contribution in [0.25, 0.3) is 0 Å². The molecule has 1 saturated heterocycles. The molecule has 2 fully saturated rings. The van der Waals surface area contributed by atoms with Gasteiger partial charge in [0, 0.05) is 31.2 Å². The second kappa shape index (κ2) is 7.09. The van der Waals surface area contributed by atoms with Crippen molar-refractivity contribution in [2.75, 3.05) is 19.6 Å². The van der Waals surface area contributed by atoms with Crippen molar-refractivity contribution in [2.24, 2.45) is 5.92 Å². The minimum absolute atomic E-state index is 0.453. The molecule has 2 aliphatic rings. The van der Waals surface area contributed by atoms with Gasteiger partial charge in [-0.15, -0.1) is 0 Å². The van der Waals surface area contributed by atoms with Gasteiger partial charge >= 0.3 is 0 Å². The van der Waals surface area contributed by atoms with Gasteiger partial charge in [0.25, 0.3) is 0 Å². The lowest BCUT2D eigenvalue weighted by atomic mass is 9.77. The van der Waals surface area contributed by atoms with Crippen LogP contribution in [-0.2, 0) is 0 Å². The van der Waals surface area contributed by atoms with Gasteiger partial charge < -0.3 is 5.32 Å². The summed E-state index contributed by atoms with van der Waals surface area (Å²) in [6.45, 7) is 12.8. The predicted molar refractivity (Wildman–Crippen MR) is 88.1 cm³/mol. The van der Waals surface area contributed by atoms with Gasteiger partial charge in [0.15, 0.2) is 0 Å². The standard InChI is InChI=1S/C18H34N2/c1-5-16(4)17-13-20(12-9-15(2)3)18(14-19-17)10-7-6-8-11-18/h9,16-17,19H,5-8,10-14H2,1-4H3. The highest BCUT2D eigenvalue weighted by molar-refractivity contribution is 5.05. The van der Waals surface area contributed by atoms with Crippen LogP contribution < -0.4 is 5.32 Å². The summed E-state index contributed by atoms with van der Waals surface area (Å²) in [4.78, 5) is 2.81. The number of hydrogen-bond acceptors (Lipinski definition) is 2. The quantitative estimate of drug-likeness (QED) is 0.783. The molecule has 2 unspecified atom stereocenters. The van der Waals surface area contributed by atoms with Crippen LogP contribution in [0.5, 0.6) is 0 Å². The third kappa shape index (κ3) is 3.65. The Bertz CT molecular complexity index is 324. The molecule has 1 aliphatic carbocycles. The van der Waals surface area contributed by atoms with E-state index < -0.39 is 0 Å². The lowest BCUT2D eigenvalue weighted by Gasteiger charge is -2.53. The Morgan fingerprint density at radius 1 is 1.30 bits per heavy atom. The summed E-state index contributed by atoms with van der Waals surface area (Å²) in [5.74, 6) is 0.783. The van der Waals surface area contributed by atoms with E-state index in [4.69, 9.17) is 0 Å². The average Bonchev–Trinajstić information content (AvgIpc) is 2.46. The lowest BCUT2D eigenvalue weighted by Crippen LogP contribution is -2.66. The first-order valence-corrected chi connectivity index (χ1v) is 8.69. The fourth-order valence-corrected chi connectivity index (χ4v) is 3.86. The molecule has 2 heteroatoms. The summed E-state index contributed by atoms with van der Waals surface area (Å²) in [5, 5.41) is 3.89. The second-order valence-electron chi connectivity index (χ2n) is 7.34. The van der Waals surface area contributed by atoms with E-state index in [-0.39, 0.29) is 0 Å². The highest BCUT2D eigenvalue weighted by Crippen LogP contribution is 2.36. The smallest absolute Gasteiger partial charge is 0.0338 e. The van der Waals surface area contributed by atoms with E-state index in [0.29, 0.717) is 11.6 Å². The Balaban J connectivity index is 2.09. The van der Waals surface area contributed by atoms with Gasteiger partial charge in [-0.2, -0.15) is 0 Å². The van der Waals surface area contributed by atoms with Crippen LogP contribution in [-0.4, -0.2) is 36.1 Å². The zero-order valence-electron chi connectivity index (χ0n) is 14.0. The molecule has 2 rings (SSSR count). The molecular weight excluding hydrogens is 244 g/mol. The van der Waals surface area contributed by atoms with Gasteiger partial charge in [-0.05, 0) is 32.6 Å². The van der Waals surface area contributed by atoms with Crippen LogP contribution in [0.2, 0.25) is 0 Å². The number of piperazine rings is 1. The van der Waals surface area contributed by atoms with Crippen LogP contribution in [0, 0.1) is 5.92 Å². The topological polar surface area (TPSA) is 15.3 Å². The van der Waals surface area contributed by atoms with E-state index in [1.807, 2.05) is 0 Å². The predicted octanol–water partition coefficient (Wildman–Crippen LogP) is 3.98. The SMILES string of the molecule is CCC(C)C1CN(CC=C(C)C)C2(CCCCC2)CN1. The molecule has 0 bridgehead atoms. The maximum atomic E-state index is 3.89. The maximum Gasteiger partial charge on any atom is 0.0338 e. The van der Waals surface area contributed by atoms with E-state index in [0.717, 1.165) is 12.5 Å². The van der Waals surface area contributed by atoms with Gasteiger partial charge in [0.05, 0.1) is 0 Å². The van der Waals surface area contributed by atoms with Crippen molar-refractivity contribution in [1.29, 1.82) is 0 Å². The van der Waals surface area contributed by atoms with E-state index in [2.05, 4.69) is 44.0 Å². The van der Waals surface area contributed by atoms with Crippen molar-refractivity contribution < 1.29 is 0 Å². The maximum absolute atomic E-state index is 3.89. The van der Waals surface area contributed by atoms with Crippen molar-refractivity contribution in [3.05, 3.63) is 11.6 Å². The largest absolute Gasteiger partial charge is 0.311 e. The zero-order valence-corrected chi connectivity index (χ0v) is 14.0. The zero-order chi connectivity index (χ0) is 14.6. The van der Waals surface area contributed by atoms with E-state index in [1.54, 1.807) is 0 Å². The highest BCUT2D eigenvalue weighted by Gasteiger charge is 2.42. The number of nitrogens with one attached hydrogen (secondary N) is 1. The molecule has 1 aliphatic heterocycles. The Kier molecular flexibility index (Phi) is 5.68. The molecule has 20 heavy (non-hydrogen) atoms. The minimum atomic E-state index is 0.453. The molecule has 1 spiro atoms. The second-order valence-corrected chi connectivity index (χ2v) is 7.34. The van der Waals surface area contributed by atoms with Gasteiger partial charge in [-0.25, -0.2) is 0 Å². The van der Waals surface area contributed by atoms with Gasteiger partial charge in [0.2, 0.25) is 0 Å². The van der Waals surface area contributed by atoms with Crippen molar-refractivity contribution >= 4 is 0 Å². The molecule has 0 radical (unpaired) electrons. The summed E-state index contributed by atoms with van der Waals surface area (Å²) in [6, 6.07) is 0.679. The molecule has 1 heterocycles. The lowest BCUT2D eigenvalue weighted by molar-refractivity contribution is 0.00929. The third-order valence-electron chi connectivity index (χ3n) is 5.62. The molecule has 2 nitrogen and oxygen atoms in total. The molecule has 2 atom stereocenters. The Labute approximate surface area is 126 Å². The van der Waals surface area contributed by atoms with E-state index in [1.165, 1.54) is 57.2 Å². The van der Waals surface area contributed by atoms with E-state index >= 15 is 0 Å². The molecule has 116 valence electrons. The van der Waals surface area contributed by atoms with Crippen LogP contribution in [0.1, 0.15) is 66.2 Å². The van der Waals surface area contributed by atoms with Crippen molar-refractivity contribution in [3.8, 4) is 0 Å². The Morgan fingerprint density at radius 2 is 2.00 bits per heavy atom. The first-order chi connectivity index (χ1) is 9.57. The summed E-state index contributed by atoms with van der Waals surface area (Å²) in [6.07, 6.45) is 10.8. The average molecular weight is 278 g/mol. The van der Waals surface area contributed by atoms with Gasteiger partial charge in [-0.3, -0.25) is 4.90 Å². The monoisotopic (exact) mass is 278 g/mol. The van der Waals surface area contributed by atoms with Gasteiger partial charge in [-0.1, -0.05) is 51.2 Å². The number of allylic oxidation sites excluding steroid dienone is 1. The Morgan fingerprint density at radius 3 is 2.60 bits per heavy atom.